The molecule has 5 nitrogen and oxygen atoms in total. The molecule has 2 atom stereocenters. The van der Waals surface area contributed by atoms with Crippen molar-refractivity contribution in [3.8, 4) is 5.75 Å². The molecular weight excluding hydrogens is 426 g/mol. The van der Waals surface area contributed by atoms with Crippen molar-refractivity contribution in [1.82, 2.24) is 4.90 Å². The van der Waals surface area contributed by atoms with E-state index in [0.29, 0.717) is 19.8 Å². The summed E-state index contributed by atoms with van der Waals surface area (Å²) >= 11 is 0. The van der Waals surface area contributed by atoms with Crippen LogP contribution in [0.25, 0.3) is 0 Å². The van der Waals surface area contributed by atoms with Crippen molar-refractivity contribution < 1.29 is 19.3 Å². The number of aliphatic hydroxyl groups excluding tert-OH is 1. The first-order valence-electron chi connectivity index (χ1n) is 11.9. The zero-order valence-electron chi connectivity index (χ0n) is 20.3. The third-order valence-electron chi connectivity index (χ3n) is 6.04. The van der Waals surface area contributed by atoms with Crippen LogP contribution in [-0.4, -0.2) is 41.7 Å². The van der Waals surface area contributed by atoms with Gasteiger partial charge in [0.2, 0.25) is 0 Å². The Hall–Kier alpha value is -2.70. The van der Waals surface area contributed by atoms with Crippen LogP contribution in [0.3, 0.4) is 0 Å². The summed E-state index contributed by atoms with van der Waals surface area (Å²) in [5.41, 5.74) is 4.37. The maximum atomic E-state index is 11.3. The Kier molecular flexibility index (Phi) is 8.01. The first-order chi connectivity index (χ1) is 16.4. The minimum atomic E-state index is -0.638. The minimum Gasteiger partial charge on any atom is -0.491 e. The quantitative estimate of drug-likeness (QED) is 0.446. The first kappa shape index (κ1) is 24.4. The van der Waals surface area contributed by atoms with Crippen LogP contribution in [0.5, 0.6) is 5.75 Å². The molecule has 0 saturated carbocycles. The number of ether oxygens (including phenoxy) is 3. The van der Waals surface area contributed by atoms with Crippen molar-refractivity contribution >= 4 is 0 Å². The first-order valence-corrected chi connectivity index (χ1v) is 11.9. The summed E-state index contributed by atoms with van der Waals surface area (Å²) in [4.78, 5) is 2.29. The van der Waals surface area contributed by atoms with Crippen LogP contribution in [0.15, 0.2) is 78.9 Å². The van der Waals surface area contributed by atoms with Gasteiger partial charge in [0.25, 0.3) is 0 Å². The monoisotopic (exact) mass is 461 g/mol. The molecule has 0 amide bonds. The third kappa shape index (κ3) is 6.90. The molecule has 1 aliphatic heterocycles. The average molecular weight is 462 g/mol. The van der Waals surface area contributed by atoms with Gasteiger partial charge in [0.05, 0.1) is 12.7 Å². The fourth-order valence-electron chi connectivity index (χ4n) is 4.31. The number of hydrogen-bond donors (Lipinski definition) is 1. The van der Waals surface area contributed by atoms with Gasteiger partial charge in [0, 0.05) is 19.6 Å². The third-order valence-corrected chi connectivity index (χ3v) is 6.04. The van der Waals surface area contributed by atoms with Gasteiger partial charge in [0.15, 0.2) is 5.79 Å². The second-order valence-corrected chi connectivity index (χ2v) is 9.44. The minimum absolute atomic E-state index is 0.100. The molecule has 3 aromatic rings. The summed E-state index contributed by atoms with van der Waals surface area (Å²) in [7, 11) is 0. The molecule has 1 fully saturated rings. The number of aryl methyl sites for hydroxylation is 1. The van der Waals surface area contributed by atoms with Gasteiger partial charge in [-0.05, 0) is 55.2 Å². The summed E-state index contributed by atoms with van der Waals surface area (Å²) in [6, 6.07) is 26.7. The SMILES string of the molecule is Cc1ccc(OC[C@H]2COC(C)(C)O2)cc1[C@H](O)CN(Cc1ccccc1)Cc1ccccc1. The maximum absolute atomic E-state index is 11.3. The molecule has 0 aliphatic carbocycles. The Morgan fingerprint density at radius 2 is 1.59 bits per heavy atom. The van der Waals surface area contributed by atoms with Crippen molar-refractivity contribution in [3.63, 3.8) is 0 Å². The summed E-state index contributed by atoms with van der Waals surface area (Å²) in [5, 5.41) is 11.3. The Balaban J connectivity index is 1.44. The molecule has 0 unspecified atom stereocenters. The average Bonchev–Trinajstić information content (AvgIpc) is 3.18. The lowest BCUT2D eigenvalue weighted by molar-refractivity contribution is -0.141. The highest BCUT2D eigenvalue weighted by Gasteiger charge is 2.33. The van der Waals surface area contributed by atoms with Gasteiger partial charge in [-0.15, -0.1) is 0 Å². The van der Waals surface area contributed by atoms with Gasteiger partial charge in [-0.25, -0.2) is 0 Å². The second kappa shape index (κ2) is 11.2. The lowest BCUT2D eigenvalue weighted by Gasteiger charge is -2.26. The van der Waals surface area contributed by atoms with Gasteiger partial charge in [-0.1, -0.05) is 66.7 Å². The lowest BCUT2D eigenvalue weighted by atomic mass is 10.0. The highest BCUT2D eigenvalue weighted by molar-refractivity contribution is 5.36. The van der Waals surface area contributed by atoms with E-state index in [0.717, 1.165) is 30.0 Å². The largest absolute Gasteiger partial charge is 0.491 e. The van der Waals surface area contributed by atoms with E-state index < -0.39 is 11.9 Å². The van der Waals surface area contributed by atoms with Crippen molar-refractivity contribution in [2.45, 2.75) is 51.9 Å². The molecule has 1 N–H and O–H groups in total. The predicted molar refractivity (Wildman–Crippen MR) is 134 cm³/mol. The van der Waals surface area contributed by atoms with Gasteiger partial charge >= 0.3 is 0 Å². The van der Waals surface area contributed by atoms with E-state index in [1.165, 1.54) is 11.1 Å². The molecule has 180 valence electrons. The molecule has 0 aromatic heterocycles. The van der Waals surface area contributed by atoms with Crippen LogP contribution < -0.4 is 4.74 Å². The van der Waals surface area contributed by atoms with Crippen LogP contribution in [0.2, 0.25) is 0 Å². The van der Waals surface area contributed by atoms with Crippen molar-refractivity contribution in [2.24, 2.45) is 0 Å². The molecular formula is C29H35NO4. The molecule has 0 spiro atoms. The van der Waals surface area contributed by atoms with Crippen LogP contribution in [0.1, 0.15) is 42.2 Å². The number of rotatable bonds is 10. The summed E-state index contributed by atoms with van der Waals surface area (Å²) < 4.78 is 17.4. The molecule has 4 rings (SSSR count). The van der Waals surface area contributed by atoms with Crippen molar-refractivity contribution in [1.29, 1.82) is 0 Å². The molecule has 1 aliphatic rings. The molecule has 5 heteroatoms. The molecule has 3 aromatic carbocycles. The predicted octanol–water partition coefficient (Wildman–Crippen LogP) is 5.26. The highest BCUT2D eigenvalue weighted by Crippen LogP contribution is 2.27. The zero-order chi connectivity index (χ0) is 24.0. The fourth-order valence-corrected chi connectivity index (χ4v) is 4.31. The lowest BCUT2D eigenvalue weighted by Crippen LogP contribution is -2.28. The molecule has 34 heavy (non-hydrogen) atoms. The van der Waals surface area contributed by atoms with Crippen LogP contribution in [0.4, 0.5) is 0 Å². The maximum Gasteiger partial charge on any atom is 0.163 e. The summed E-state index contributed by atoms with van der Waals surface area (Å²) in [6.07, 6.45) is -0.738. The van der Waals surface area contributed by atoms with Crippen molar-refractivity contribution in [3.05, 3.63) is 101 Å². The van der Waals surface area contributed by atoms with Crippen LogP contribution in [0, 0.1) is 6.92 Å². The molecule has 1 saturated heterocycles. The Morgan fingerprint density at radius 1 is 0.971 bits per heavy atom. The van der Waals surface area contributed by atoms with E-state index in [1.54, 1.807) is 0 Å². The topological polar surface area (TPSA) is 51.2 Å². The van der Waals surface area contributed by atoms with Crippen molar-refractivity contribution in [2.75, 3.05) is 19.8 Å². The number of hydrogen-bond acceptors (Lipinski definition) is 5. The molecule has 1 heterocycles. The van der Waals surface area contributed by atoms with E-state index >= 15 is 0 Å². The highest BCUT2D eigenvalue weighted by atomic mass is 16.7. The Labute approximate surface area is 202 Å². The fraction of sp³-hybridized carbons (Fsp3) is 0.379. The number of aliphatic hydroxyl groups is 1. The van der Waals surface area contributed by atoms with E-state index in [9.17, 15) is 5.11 Å². The molecule has 0 radical (unpaired) electrons. The van der Waals surface area contributed by atoms with Crippen LogP contribution in [-0.2, 0) is 22.6 Å². The summed E-state index contributed by atoms with van der Waals surface area (Å²) in [5.74, 6) is 0.162. The van der Waals surface area contributed by atoms with Gasteiger partial charge in [-0.3, -0.25) is 4.90 Å². The standard InChI is InChI=1S/C29H35NO4/c1-22-14-15-25(32-20-26-21-33-29(2,3)34-26)16-27(22)28(31)19-30(17-23-10-6-4-7-11-23)18-24-12-8-5-9-13-24/h4-16,26,28,31H,17-21H2,1-3H3/t26-,28+/m0/s1. The Morgan fingerprint density at radius 3 is 2.15 bits per heavy atom. The van der Waals surface area contributed by atoms with Gasteiger partial charge < -0.3 is 19.3 Å². The zero-order valence-corrected chi connectivity index (χ0v) is 20.3. The number of benzene rings is 3. The number of nitrogens with zero attached hydrogens (tertiary/aromatic N) is 1. The molecule has 0 bridgehead atoms. The Bertz CT molecular complexity index is 997. The van der Waals surface area contributed by atoms with E-state index in [2.05, 4.69) is 53.4 Å². The second-order valence-electron chi connectivity index (χ2n) is 9.44. The van der Waals surface area contributed by atoms with E-state index in [-0.39, 0.29) is 6.10 Å². The summed E-state index contributed by atoms with van der Waals surface area (Å²) in [6.45, 7) is 8.80. The normalized spacial score (nSPS) is 18.2. The smallest absolute Gasteiger partial charge is 0.163 e. The van der Waals surface area contributed by atoms with Crippen LogP contribution >= 0.6 is 0 Å². The van der Waals surface area contributed by atoms with Gasteiger partial charge in [0.1, 0.15) is 18.5 Å². The van der Waals surface area contributed by atoms with E-state index in [1.807, 2.05) is 51.1 Å². The van der Waals surface area contributed by atoms with Gasteiger partial charge in [-0.2, -0.15) is 0 Å². The van der Waals surface area contributed by atoms with E-state index in [4.69, 9.17) is 14.2 Å².